The lowest BCUT2D eigenvalue weighted by Crippen LogP contribution is -2.44. The molecular weight excluding hydrogens is 332 g/mol. The molecule has 0 fully saturated rings. The van der Waals surface area contributed by atoms with Crippen LogP contribution in [-0.2, 0) is 9.53 Å². The minimum atomic E-state index is -0.845. The first-order valence-corrected chi connectivity index (χ1v) is 8.69. The van der Waals surface area contributed by atoms with Crippen LogP contribution in [0.1, 0.15) is 31.4 Å². The lowest BCUT2D eigenvalue weighted by molar-refractivity contribution is -0.133. The van der Waals surface area contributed by atoms with Gasteiger partial charge in [-0.15, -0.1) is 6.58 Å². The van der Waals surface area contributed by atoms with Gasteiger partial charge in [0.15, 0.2) is 17.3 Å². The summed E-state index contributed by atoms with van der Waals surface area (Å²) in [4.78, 5) is 12.8. The Labute approximate surface area is 155 Å². The summed E-state index contributed by atoms with van der Waals surface area (Å²) in [6.07, 6.45) is 5.06. The average Bonchev–Trinajstić information content (AvgIpc) is 2.68. The molecule has 0 radical (unpaired) electrons. The van der Waals surface area contributed by atoms with Gasteiger partial charge in [0.2, 0.25) is 0 Å². The molecule has 5 heteroatoms. The number of methoxy groups -OCH3 is 3. The molecule has 0 aliphatic heterocycles. The maximum Gasteiger partial charge on any atom is 0.162 e. The second kappa shape index (κ2) is 8.52. The van der Waals surface area contributed by atoms with Crippen LogP contribution in [0.3, 0.4) is 0 Å². The lowest BCUT2D eigenvalue weighted by atomic mass is 9.62. The number of rotatable bonds is 8. The molecule has 1 aromatic rings. The van der Waals surface area contributed by atoms with Crippen molar-refractivity contribution in [1.29, 1.82) is 0 Å². The first-order valence-electron chi connectivity index (χ1n) is 8.69. The van der Waals surface area contributed by atoms with Crippen molar-refractivity contribution in [2.24, 2.45) is 11.3 Å². The van der Waals surface area contributed by atoms with Crippen LogP contribution in [0.4, 0.5) is 0 Å². The van der Waals surface area contributed by atoms with Gasteiger partial charge in [0.25, 0.3) is 0 Å². The van der Waals surface area contributed by atoms with E-state index in [1.807, 2.05) is 6.92 Å². The van der Waals surface area contributed by atoms with Crippen molar-refractivity contribution in [2.75, 3.05) is 21.3 Å². The summed E-state index contributed by atoms with van der Waals surface area (Å²) < 4.78 is 16.0. The Morgan fingerprint density at radius 1 is 1.31 bits per heavy atom. The Morgan fingerprint density at radius 3 is 2.58 bits per heavy atom. The van der Waals surface area contributed by atoms with Crippen molar-refractivity contribution in [2.45, 2.75) is 32.0 Å². The Balaban J connectivity index is 2.40. The third kappa shape index (κ3) is 3.69. The van der Waals surface area contributed by atoms with Gasteiger partial charge in [0, 0.05) is 12.5 Å². The normalized spacial score (nSPS) is 24.8. The summed E-state index contributed by atoms with van der Waals surface area (Å²) in [6, 6.07) is 5.30. The van der Waals surface area contributed by atoms with E-state index in [9.17, 15) is 9.90 Å². The zero-order valence-corrected chi connectivity index (χ0v) is 15.9. The molecule has 1 N–H and O–H groups in total. The minimum absolute atomic E-state index is 0.00210. The Morgan fingerprint density at radius 2 is 2.00 bits per heavy atom. The van der Waals surface area contributed by atoms with Gasteiger partial charge >= 0.3 is 0 Å². The molecule has 5 nitrogen and oxygen atoms in total. The molecular formula is C21H28O5. The van der Waals surface area contributed by atoms with Gasteiger partial charge in [0.05, 0.1) is 26.4 Å². The first-order chi connectivity index (χ1) is 12.4. The highest BCUT2D eigenvalue weighted by Crippen LogP contribution is 2.47. The summed E-state index contributed by atoms with van der Waals surface area (Å²) in [5.74, 6) is 0.790. The van der Waals surface area contributed by atoms with Gasteiger partial charge in [-0.2, -0.15) is 0 Å². The zero-order chi connectivity index (χ0) is 19.3. The number of allylic oxidation sites excluding steroid dienone is 2. The fourth-order valence-electron chi connectivity index (χ4n) is 3.72. The number of aliphatic hydroxyl groups excluding tert-OH is 1. The molecule has 142 valence electrons. The van der Waals surface area contributed by atoms with Gasteiger partial charge in [-0.1, -0.05) is 25.1 Å². The number of carbonyl (C=O) groups excluding carboxylic acids is 1. The molecule has 1 aromatic carbocycles. The van der Waals surface area contributed by atoms with Crippen LogP contribution in [0.2, 0.25) is 0 Å². The summed E-state index contributed by atoms with van der Waals surface area (Å²) in [5, 5.41) is 11.0. The number of ketones is 1. The Bertz CT molecular complexity index is 681. The van der Waals surface area contributed by atoms with Crippen molar-refractivity contribution in [3.8, 4) is 11.5 Å². The van der Waals surface area contributed by atoms with Crippen LogP contribution >= 0.6 is 0 Å². The third-order valence-electron chi connectivity index (χ3n) is 5.42. The van der Waals surface area contributed by atoms with Crippen LogP contribution in [0.25, 0.3) is 0 Å². The number of hydrogen-bond donors (Lipinski definition) is 1. The van der Waals surface area contributed by atoms with Crippen LogP contribution in [0, 0.1) is 11.3 Å². The van der Waals surface area contributed by atoms with Gasteiger partial charge < -0.3 is 19.3 Å². The highest BCUT2D eigenvalue weighted by molar-refractivity contribution is 5.96. The molecule has 26 heavy (non-hydrogen) atoms. The Kier molecular flexibility index (Phi) is 6.62. The molecule has 0 saturated heterocycles. The molecule has 4 atom stereocenters. The van der Waals surface area contributed by atoms with Gasteiger partial charge in [-0.05, 0) is 42.5 Å². The van der Waals surface area contributed by atoms with Crippen molar-refractivity contribution in [3.63, 3.8) is 0 Å². The van der Waals surface area contributed by atoms with Crippen LogP contribution in [0.5, 0.6) is 11.5 Å². The standard InChI is InChI=1S/C21H28O5/c1-6-11-21(13-16(24-3)8-10-19(21)22)14(2)20(23)15-7-9-17(25-4)18(12-15)26-5/h6-10,12,14,16,20,23H,1,11,13H2,2-5H3/t14-,16+,20-,21-/m0/s1. The summed E-state index contributed by atoms with van der Waals surface area (Å²) in [5.41, 5.74) is -0.0843. The highest BCUT2D eigenvalue weighted by atomic mass is 16.5. The molecule has 0 saturated carbocycles. The molecule has 0 unspecified atom stereocenters. The maximum absolute atomic E-state index is 12.8. The smallest absolute Gasteiger partial charge is 0.162 e. The van der Waals surface area contributed by atoms with Gasteiger partial charge in [-0.25, -0.2) is 0 Å². The zero-order valence-electron chi connectivity index (χ0n) is 15.9. The highest BCUT2D eigenvalue weighted by Gasteiger charge is 2.47. The molecule has 1 aliphatic rings. The van der Waals surface area contributed by atoms with Gasteiger partial charge in [-0.3, -0.25) is 4.79 Å². The topological polar surface area (TPSA) is 65.0 Å². The summed E-state index contributed by atoms with van der Waals surface area (Å²) in [7, 11) is 4.74. The summed E-state index contributed by atoms with van der Waals surface area (Å²) in [6.45, 7) is 5.71. The number of hydrogen-bond acceptors (Lipinski definition) is 5. The second-order valence-electron chi connectivity index (χ2n) is 6.70. The van der Waals surface area contributed by atoms with Crippen LogP contribution < -0.4 is 9.47 Å². The van der Waals surface area contributed by atoms with Crippen molar-refractivity contribution in [1.82, 2.24) is 0 Å². The number of aliphatic hydroxyl groups is 1. The molecule has 1 aliphatic carbocycles. The number of carbonyl (C=O) groups is 1. The largest absolute Gasteiger partial charge is 0.493 e. The lowest BCUT2D eigenvalue weighted by Gasteiger charge is -2.42. The van der Waals surface area contributed by atoms with E-state index in [4.69, 9.17) is 14.2 Å². The van der Waals surface area contributed by atoms with E-state index in [1.165, 1.54) is 0 Å². The average molecular weight is 360 g/mol. The fourth-order valence-corrected chi connectivity index (χ4v) is 3.72. The fraction of sp³-hybridized carbons (Fsp3) is 0.476. The Hall–Kier alpha value is -2.11. The van der Waals surface area contributed by atoms with Crippen LogP contribution in [-0.4, -0.2) is 38.3 Å². The maximum atomic E-state index is 12.8. The van der Waals surface area contributed by atoms with E-state index in [0.717, 1.165) is 0 Å². The minimum Gasteiger partial charge on any atom is -0.493 e. The quantitative estimate of drug-likeness (QED) is 0.719. The molecule has 0 bridgehead atoms. The molecule has 0 aromatic heterocycles. The molecule has 0 heterocycles. The van der Waals surface area contributed by atoms with E-state index in [-0.39, 0.29) is 17.8 Å². The van der Waals surface area contributed by atoms with Crippen molar-refractivity contribution < 1.29 is 24.1 Å². The van der Waals surface area contributed by atoms with E-state index in [2.05, 4.69) is 6.58 Å². The van der Waals surface area contributed by atoms with Crippen molar-refractivity contribution in [3.05, 3.63) is 48.6 Å². The van der Waals surface area contributed by atoms with Crippen molar-refractivity contribution >= 4 is 5.78 Å². The first kappa shape index (κ1) is 20.2. The predicted octanol–water partition coefficient (Wildman–Crippen LogP) is 3.48. The molecule has 0 amide bonds. The van der Waals surface area contributed by atoms with E-state index in [1.54, 1.807) is 57.8 Å². The van der Waals surface area contributed by atoms with E-state index >= 15 is 0 Å². The SMILES string of the molecule is C=CC[C@@]1([C@@H](C)[C@H](O)c2ccc(OC)c(OC)c2)C[C@H](OC)C=CC1=O. The van der Waals surface area contributed by atoms with E-state index in [0.29, 0.717) is 29.9 Å². The molecule has 0 spiro atoms. The third-order valence-corrected chi connectivity index (χ3v) is 5.42. The number of benzene rings is 1. The van der Waals surface area contributed by atoms with Crippen LogP contribution in [0.15, 0.2) is 43.0 Å². The number of ether oxygens (including phenoxy) is 3. The van der Waals surface area contributed by atoms with E-state index < -0.39 is 11.5 Å². The second-order valence-corrected chi connectivity index (χ2v) is 6.70. The summed E-state index contributed by atoms with van der Waals surface area (Å²) >= 11 is 0. The monoisotopic (exact) mass is 360 g/mol. The molecule has 2 rings (SSSR count). The van der Waals surface area contributed by atoms with Gasteiger partial charge in [0.1, 0.15) is 0 Å². The predicted molar refractivity (Wildman–Crippen MR) is 100 cm³/mol.